The van der Waals surface area contributed by atoms with Gasteiger partial charge in [0.25, 0.3) is 10.0 Å². The summed E-state index contributed by atoms with van der Waals surface area (Å²) in [5.74, 6) is 0.386. The normalized spacial score (nSPS) is 21.3. The van der Waals surface area contributed by atoms with E-state index in [1.165, 1.54) is 15.4 Å². The van der Waals surface area contributed by atoms with Gasteiger partial charge in [-0.25, -0.2) is 18.2 Å². The molecule has 2 amide bonds. The monoisotopic (exact) mass is 399 g/mol. The van der Waals surface area contributed by atoms with Gasteiger partial charge >= 0.3 is 6.09 Å². The summed E-state index contributed by atoms with van der Waals surface area (Å²) in [5, 5.41) is 2.85. The third-order valence-electron chi connectivity index (χ3n) is 4.94. The highest BCUT2D eigenvalue weighted by Gasteiger charge is 2.32. The molecule has 1 atom stereocenters. The quantitative estimate of drug-likeness (QED) is 0.702. The van der Waals surface area contributed by atoms with Crippen molar-refractivity contribution in [1.29, 1.82) is 0 Å². The first-order valence-electron chi connectivity index (χ1n) is 8.96. The van der Waals surface area contributed by atoms with Crippen molar-refractivity contribution in [1.82, 2.24) is 24.1 Å². The van der Waals surface area contributed by atoms with Gasteiger partial charge in [-0.05, 0) is 25.7 Å². The molecular formula is C16H25N5O5S. The van der Waals surface area contributed by atoms with Crippen LogP contribution in [0.15, 0.2) is 11.2 Å². The number of ether oxygens (including phenoxy) is 1. The number of sulfonamides is 1. The van der Waals surface area contributed by atoms with Gasteiger partial charge in [-0.1, -0.05) is 0 Å². The van der Waals surface area contributed by atoms with Gasteiger partial charge in [0.1, 0.15) is 19.0 Å². The van der Waals surface area contributed by atoms with E-state index in [-0.39, 0.29) is 23.4 Å². The molecule has 1 aromatic heterocycles. The fraction of sp³-hybridized carbons (Fsp3) is 0.688. The first kappa shape index (κ1) is 19.6. The molecule has 2 fully saturated rings. The lowest BCUT2D eigenvalue weighted by Gasteiger charge is -2.31. The molecular weight excluding hydrogens is 374 g/mol. The number of amides is 2. The van der Waals surface area contributed by atoms with E-state index < -0.39 is 16.1 Å². The predicted octanol–water partition coefficient (Wildman–Crippen LogP) is -0.302. The molecule has 0 aromatic carbocycles. The van der Waals surface area contributed by atoms with Crippen molar-refractivity contribution < 1.29 is 22.7 Å². The second-order valence-corrected chi connectivity index (χ2v) is 8.83. The number of aromatic nitrogens is 2. The average Bonchev–Trinajstić information content (AvgIpc) is 3.19. The summed E-state index contributed by atoms with van der Waals surface area (Å²) in [6, 6.07) is 0. The number of nitrogens with zero attached hydrogens (tertiary/aromatic N) is 4. The molecule has 2 aliphatic heterocycles. The fourth-order valence-corrected chi connectivity index (χ4v) is 4.83. The van der Waals surface area contributed by atoms with Crippen molar-refractivity contribution >= 4 is 22.0 Å². The van der Waals surface area contributed by atoms with Crippen LogP contribution in [0.25, 0.3) is 0 Å². The molecule has 0 spiro atoms. The van der Waals surface area contributed by atoms with Gasteiger partial charge in [-0.15, -0.1) is 0 Å². The van der Waals surface area contributed by atoms with Crippen molar-refractivity contribution in [3.05, 3.63) is 12.0 Å². The predicted molar refractivity (Wildman–Crippen MR) is 95.4 cm³/mol. The molecule has 10 nitrogen and oxygen atoms in total. The summed E-state index contributed by atoms with van der Waals surface area (Å²) >= 11 is 0. The fourth-order valence-electron chi connectivity index (χ4n) is 3.25. The molecule has 1 unspecified atom stereocenters. The number of carbonyl (C=O) groups is 2. The van der Waals surface area contributed by atoms with Crippen molar-refractivity contribution in [2.75, 3.05) is 39.3 Å². The Kier molecular flexibility index (Phi) is 5.70. The third-order valence-corrected chi connectivity index (χ3v) is 6.68. The van der Waals surface area contributed by atoms with Gasteiger partial charge in [0, 0.05) is 32.9 Å². The topological polar surface area (TPSA) is 114 Å². The van der Waals surface area contributed by atoms with Gasteiger partial charge in [-0.3, -0.25) is 9.69 Å². The number of hydrogen-bond acceptors (Lipinski definition) is 6. The standard InChI is InChI=1S/C16H25N5O5S/c1-12-18-15(11-19(12)2)27(24,25)21-5-3-4-13(9-21)8-17-14(22)10-20-6-7-26-16(20)23/h11,13H,3-10H2,1-2H3,(H,17,22). The Bertz CT molecular complexity index is 802. The van der Waals surface area contributed by atoms with Crippen molar-refractivity contribution in [3.8, 4) is 0 Å². The molecule has 11 heteroatoms. The van der Waals surface area contributed by atoms with E-state index >= 15 is 0 Å². The molecule has 3 heterocycles. The Hall–Kier alpha value is -2.14. The number of nitrogens with one attached hydrogen (secondary N) is 1. The van der Waals surface area contributed by atoms with Crippen LogP contribution in [0.4, 0.5) is 4.79 Å². The largest absolute Gasteiger partial charge is 0.448 e. The Morgan fingerprint density at radius 2 is 2.19 bits per heavy atom. The van der Waals surface area contributed by atoms with E-state index in [2.05, 4.69) is 10.3 Å². The molecule has 2 aliphatic rings. The molecule has 0 saturated carbocycles. The van der Waals surface area contributed by atoms with Gasteiger partial charge in [0.15, 0.2) is 5.03 Å². The summed E-state index contributed by atoms with van der Waals surface area (Å²) in [5.41, 5.74) is 0. The minimum atomic E-state index is -3.64. The molecule has 0 aliphatic carbocycles. The van der Waals surface area contributed by atoms with Crippen LogP contribution in [0.3, 0.4) is 0 Å². The zero-order chi connectivity index (χ0) is 19.6. The molecule has 27 heavy (non-hydrogen) atoms. The number of imidazole rings is 1. The van der Waals surface area contributed by atoms with Crippen molar-refractivity contribution in [2.45, 2.75) is 24.8 Å². The Balaban J connectivity index is 1.54. The highest BCUT2D eigenvalue weighted by Crippen LogP contribution is 2.23. The maximum absolute atomic E-state index is 12.8. The SMILES string of the molecule is Cc1nc(S(=O)(=O)N2CCCC(CNC(=O)CN3CCOC3=O)C2)cn1C. The van der Waals surface area contributed by atoms with Crippen LogP contribution < -0.4 is 5.32 Å². The van der Waals surface area contributed by atoms with Gasteiger partial charge < -0.3 is 14.6 Å². The van der Waals surface area contributed by atoms with E-state index in [9.17, 15) is 18.0 Å². The second kappa shape index (κ2) is 7.85. The third kappa shape index (κ3) is 4.41. The Morgan fingerprint density at radius 3 is 2.81 bits per heavy atom. The zero-order valence-electron chi connectivity index (χ0n) is 15.5. The van der Waals surface area contributed by atoms with Gasteiger partial charge in [0.05, 0.1) is 6.54 Å². The highest BCUT2D eigenvalue weighted by atomic mass is 32.2. The summed E-state index contributed by atoms with van der Waals surface area (Å²) in [6.45, 7) is 3.57. The second-order valence-electron chi connectivity index (χ2n) is 6.95. The maximum atomic E-state index is 12.8. The zero-order valence-corrected chi connectivity index (χ0v) is 16.4. The average molecular weight is 399 g/mol. The molecule has 3 rings (SSSR count). The molecule has 0 bridgehead atoms. The Labute approximate surface area is 158 Å². The van der Waals surface area contributed by atoms with Crippen LogP contribution in [-0.2, 0) is 26.6 Å². The van der Waals surface area contributed by atoms with E-state index in [1.54, 1.807) is 18.5 Å². The number of piperidine rings is 1. The highest BCUT2D eigenvalue weighted by molar-refractivity contribution is 7.89. The number of cyclic esters (lactones) is 1. The summed E-state index contributed by atoms with van der Waals surface area (Å²) in [6.07, 6.45) is 2.60. The lowest BCUT2D eigenvalue weighted by molar-refractivity contribution is -0.121. The van der Waals surface area contributed by atoms with E-state index in [4.69, 9.17) is 4.74 Å². The number of rotatable bonds is 6. The summed E-state index contributed by atoms with van der Waals surface area (Å²) in [4.78, 5) is 28.9. The number of carbonyl (C=O) groups excluding carboxylic acids is 2. The smallest absolute Gasteiger partial charge is 0.410 e. The number of hydrogen-bond donors (Lipinski definition) is 1. The summed E-state index contributed by atoms with van der Waals surface area (Å²) < 4.78 is 33.5. The van der Waals surface area contributed by atoms with Crippen molar-refractivity contribution in [3.63, 3.8) is 0 Å². The molecule has 1 aromatic rings. The maximum Gasteiger partial charge on any atom is 0.410 e. The van der Waals surface area contributed by atoms with E-state index in [1.807, 2.05) is 0 Å². The van der Waals surface area contributed by atoms with Crippen LogP contribution in [0.1, 0.15) is 18.7 Å². The van der Waals surface area contributed by atoms with Crippen LogP contribution >= 0.6 is 0 Å². The van der Waals surface area contributed by atoms with E-state index in [0.717, 1.165) is 12.8 Å². The molecule has 1 N–H and O–H groups in total. The van der Waals surface area contributed by atoms with Gasteiger partial charge in [-0.2, -0.15) is 4.31 Å². The summed E-state index contributed by atoms with van der Waals surface area (Å²) in [7, 11) is -1.89. The van der Waals surface area contributed by atoms with Crippen molar-refractivity contribution in [2.24, 2.45) is 13.0 Å². The first-order valence-corrected chi connectivity index (χ1v) is 10.4. The van der Waals surface area contributed by atoms with Crippen LogP contribution in [-0.4, -0.2) is 78.5 Å². The minimum absolute atomic E-state index is 0.0211. The van der Waals surface area contributed by atoms with Crippen LogP contribution in [0, 0.1) is 12.8 Å². The Morgan fingerprint density at radius 1 is 1.41 bits per heavy atom. The molecule has 0 radical (unpaired) electrons. The molecule has 2 saturated heterocycles. The van der Waals surface area contributed by atoms with Crippen LogP contribution in [0.2, 0.25) is 0 Å². The first-order chi connectivity index (χ1) is 12.8. The molecule has 150 valence electrons. The lowest BCUT2D eigenvalue weighted by atomic mass is 10.00. The minimum Gasteiger partial charge on any atom is -0.448 e. The van der Waals surface area contributed by atoms with E-state index in [0.29, 0.717) is 38.6 Å². The van der Waals surface area contributed by atoms with Gasteiger partial charge in [0.2, 0.25) is 5.91 Å². The number of aryl methyl sites for hydroxylation is 2. The lowest BCUT2D eigenvalue weighted by Crippen LogP contribution is -2.45. The van der Waals surface area contributed by atoms with Crippen LogP contribution in [0.5, 0.6) is 0 Å².